The number of aromatic nitrogens is 2. The summed E-state index contributed by atoms with van der Waals surface area (Å²) in [4.78, 5) is 18.3. The van der Waals surface area contributed by atoms with Gasteiger partial charge in [-0.2, -0.15) is 0 Å². The Morgan fingerprint density at radius 2 is 2.14 bits per heavy atom. The lowest BCUT2D eigenvalue weighted by Crippen LogP contribution is -2.64. The number of rotatable bonds is 3. The van der Waals surface area contributed by atoms with E-state index >= 15 is 0 Å². The smallest absolute Gasteiger partial charge is 0.255 e. The van der Waals surface area contributed by atoms with Crippen LogP contribution in [0.25, 0.3) is 0 Å². The molecule has 0 radical (unpaired) electrons. The molecule has 22 heavy (non-hydrogen) atoms. The molecule has 2 unspecified atom stereocenters. The second kappa shape index (κ2) is 5.35. The van der Waals surface area contributed by atoms with Crippen LogP contribution in [0.3, 0.4) is 0 Å². The van der Waals surface area contributed by atoms with Crippen LogP contribution in [-0.4, -0.2) is 51.3 Å². The molecular weight excluding hydrogens is 280 g/mol. The zero-order valence-electron chi connectivity index (χ0n) is 13.8. The third kappa shape index (κ3) is 2.44. The summed E-state index contributed by atoms with van der Waals surface area (Å²) >= 11 is 0. The number of nitrogens with one attached hydrogen (secondary N) is 1. The first-order valence-corrected chi connectivity index (χ1v) is 8.00. The average molecular weight is 306 g/mol. The van der Waals surface area contributed by atoms with Gasteiger partial charge in [0.1, 0.15) is 5.82 Å². The Morgan fingerprint density at radius 3 is 2.73 bits per heavy atom. The number of aliphatic hydroxyl groups is 1. The highest BCUT2D eigenvalue weighted by Gasteiger charge is 2.58. The van der Waals surface area contributed by atoms with Crippen LogP contribution in [0.4, 0.5) is 5.82 Å². The summed E-state index contributed by atoms with van der Waals surface area (Å²) in [5.74, 6) is 1.13. The van der Waals surface area contributed by atoms with Crippen LogP contribution >= 0.6 is 0 Å². The van der Waals surface area contributed by atoms with Gasteiger partial charge in [0, 0.05) is 31.1 Å². The first kappa shape index (κ1) is 15.5. The predicted octanol–water partition coefficient (Wildman–Crippen LogP) is 0.672. The number of aryl methyl sites for hydroxylation is 1. The molecule has 1 aliphatic heterocycles. The Bertz CT molecular complexity index is 610. The van der Waals surface area contributed by atoms with E-state index in [1.807, 2.05) is 0 Å². The van der Waals surface area contributed by atoms with Gasteiger partial charge < -0.3 is 19.9 Å². The van der Waals surface area contributed by atoms with Gasteiger partial charge in [-0.05, 0) is 25.8 Å². The molecule has 2 N–H and O–H groups in total. The van der Waals surface area contributed by atoms with Crippen LogP contribution in [0, 0.1) is 11.3 Å². The second-order valence-corrected chi connectivity index (χ2v) is 7.42. The van der Waals surface area contributed by atoms with Crippen molar-refractivity contribution in [2.24, 2.45) is 18.4 Å². The maximum Gasteiger partial charge on any atom is 0.255 e. The van der Waals surface area contributed by atoms with Gasteiger partial charge in [0.05, 0.1) is 18.5 Å². The SMILES string of the molecule is CC(C)C1N(C)CC12C[C@@H](O)[C@H](Nc1cc(=O)n(C)cn1)C2. The van der Waals surface area contributed by atoms with Gasteiger partial charge in [0.15, 0.2) is 0 Å². The molecule has 0 amide bonds. The molecule has 1 aromatic rings. The van der Waals surface area contributed by atoms with Gasteiger partial charge in [-0.15, -0.1) is 0 Å². The molecule has 0 aromatic carbocycles. The fourth-order valence-corrected chi connectivity index (χ4v) is 4.72. The van der Waals surface area contributed by atoms with Gasteiger partial charge in [0.25, 0.3) is 5.56 Å². The van der Waals surface area contributed by atoms with Gasteiger partial charge in [0.2, 0.25) is 0 Å². The van der Waals surface area contributed by atoms with Crippen molar-refractivity contribution in [3.05, 3.63) is 22.7 Å². The lowest BCUT2D eigenvalue weighted by molar-refractivity contribution is -0.0825. The number of likely N-dealkylation sites (tertiary alicyclic amines) is 1. The lowest BCUT2D eigenvalue weighted by atomic mass is 9.66. The maximum absolute atomic E-state index is 11.7. The van der Waals surface area contributed by atoms with E-state index in [-0.39, 0.29) is 23.1 Å². The summed E-state index contributed by atoms with van der Waals surface area (Å²) < 4.78 is 1.44. The summed E-state index contributed by atoms with van der Waals surface area (Å²) in [7, 11) is 3.83. The fourth-order valence-electron chi connectivity index (χ4n) is 4.72. The van der Waals surface area contributed by atoms with Crippen LogP contribution < -0.4 is 10.9 Å². The molecule has 1 aliphatic carbocycles. The van der Waals surface area contributed by atoms with E-state index in [9.17, 15) is 9.90 Å². The van der Waals surface area contributed by atoms with E-state index in [4.69, 9.17) is 0 Å². The molecule has 122 valence electrons. The van der Waals surface area contributed by atoms with E-state index in [1.165, 1.54) is 17.0 Å². The topological polar surface area (TPSA) is 70.4 Å². The Kier molecular flexibility index (Phi) is 3.77. The highest BCUT2D eigenvalue weighted by Crippen LogP contribution is 2.52. The quantitative estimate of drug-likeness (QED) is 0.859. The van der Waals surface area contributed by atoms with Crippen molar-refractivity contribution >= 4 is 5.82 Å². The zero-order chi connectivity index (χ0) is 16.1. The molecule has 1 saturated heterocycles. The number of hydrogen-bond donors (Lipinski definition) is 2. The van der Waals surface area contributed by atoms with Crippen molar-refractivity contribution < 1.29 is 5.11 Å². The van der Waals surface area contributed by atoms with E-state index in [0.717, 1.165) is 19.4 Å². The van der Waals surface area contributed by atoms with Crippen molar-refractivity contribution in [2.75, 3.05) is 18.9 Å². The van der Waals surface area contributed by atoms with E-state index < -0.39 is 0 Å². The molecule has 1 spiro atoms. The molecular formula is C16H26N4O2. The standard InChI is InChI=1S/C16H26N4O2/c1-10(2)15-16(8-19(15)3)6-11(12(21)7-16)18-13-5-14(22)20(4)9-17-13/h5,9-12,15,18,21H,6-8H2,1-4H3/t11-,12-,15?,16?/m1/s1. The maximum atomic E-state index is 11.7. The first-order chi connectivity index (χ1) is 10.3. The van der Waals surface area contributed by atoms with Crippen LogP contribution in [0.5, 0.6) is 0 Å². The van der Waals surface area contributed by atoms with Crippen molar-refractivity contribution in [2.45, 2.75) is 44.9 Å². The van der Waals surface area contributed by atoms with E-state index in [2.05, 4.69) is 36.1 Å². The van der Waals surface area contributed by atoms with Crippen LogP contribution in [0.2, 0.25) is 0 Å². The minimum Gasteiger partial charge on any atom is -0.391 e. The van der Waals surface area contributed by atoms with Crippen molar-refractivity contribution in [3.8, 4) is 0 Å². The Labute approximate surface area is 131 Å². The zero-order valence-corrected chi connectivity index (χ0v) is 13.8. The summed E-state index contributed by atoms with van der Waals surface area (Å²) in [6.07, 6.45) is 2.87. The summed E-state index contributed by atoms with van der Waals surface area (Å²) in [5, 5.41) is 13.7. The molecule has 6 nitrogen and oxygen atoms in total. The van der Waals surface area contributed by atoms with E-state index in [0.29, 0.717) is 17.8 Å². The number of hydrogen-bond acceptors (Lipinski definition) is 5. The highest BCUT2D eigenvalue weighted by atomic mass is 16.3. The molecule has 0 bridgehead atoms. The third-order valence-corrected chi connectivity index (χ3v) is 5.32. The van der Waals surface area contributed by atoms with Gasteiger partial charge >= 0.3 is 0 Å². The molecule has 2 fully saturated rings. The van der Waals surface area contributed by atoms with Gasteiger partial charge in [-0.3, -0.25) is 4.79 Å². The summed E-state index contributed by atoms with van der Waals surface area (Å²) in [5.41, 5.74) is 0.0999. The molecule has 3 rings (SSSR count). The molecule has 4 atom stereocenters. The first-order valence-electron chi connectivity index (χ1n) is 8.00. The second-order valence-electron chi connectivity index (χ2n) is 7.42. The average Bonchev–Trinajstić information content (AvgIpc) is 2.71. The molecule has 2 aliphatic rings. The van der Waals surface area contributed by atoms with Crippen LogP contribution in [-0.2, 0) is 7.05 Å². The van der Waals surface area contributed by atoms with Crippen molar-refractivity contribution in [1.82, 2.24) is 14.5 Å². The van der Waals surface area contributed by atoms with Crippen molar-refractivity contribution in [1.29, 1.82) is 0 Å². The highest BCUT2D eigenvalue weighted by molar-refractivity contribution is 5.35. The minimum absolute atomic E-state index is 0.0328. The van der Waals surface area contributed by atoms with E-state index in [1.54, 1.807) is 7.05 Å². The number of anilines is 1. The van der Waals surface area contributed by atoms with Crippen LogP contribution in [0.1, 0.15) is 26.7 Å². The number of nitrogens with zero attached hydrogens (tertiary/aromatic N) is 3. The van der Waals surface area contributed by atoms with Gasteiger partial charge in [-0.1, -0.05) is 13.8 Å². The largest absolute Gasteiger partial charge is 0.391 e. The number of aliphatic hydroxyl groups excluding tert-OH is 1. The molecule has 1 aromatic heterocycles. The lowest BCUT2D eigenvalue weighted by Gasteiger charge is -2.57. The molecule has 1 saturated carbocycles. The summed E-state index contributed by atoms with van der Waals surface area (Å²) in [6.45, 7) is 5.53. The third-order valence-electron chi connectivity index (χ3n) is 5.32. The van der Waals surface area contributed by atoms with Crippen molar-refractivity contribution in [3.63, 3.8) is 0 Å². The Morgan fingerprint density at radius 1 is 1.41 bits per heavy atom. The molecule has 2 heterocycles. The minimum atomic E-state index is -0.388. The Balaban J connectivity index is 1.74. The van der Waals surface area contributed by atoms with Gasteiger partial charge in [-0.25, -0.2) is 4.98 Å². The van der Waals surface area contributed by atoms with Crippen LogP contribution in [0.15, 0.2) is 17.2 Å². The predicted molar refractivity (Wildman–Crippen MR) is 85.8 cm³/mol. The molecule has 6 heteroatoms. The summed E-state index contributed by atoms with van der Waals surface area (Å²) in [6, 6.07) is 1.98. The normalized spacial score (nSPS) is 35.1. The Hall–Kier alpha value is -1.40. The fraction of sp³-hybridized carbons (Fsp3) is 0.750. The monoisotopic (exact) mass is 306 g/mol.